The maximum Gasteiger partial charge on any atom is 0.289 e. The minimum absolute atomic E-state index is 0.0713. The number of rotatable bonds is 3. The van der Waals surface area contributed by atoms with Crippen molar-refractivity contribution in [1.82, 2.24) is 10.0 Å². The predicted molar refractivity (Wildman–Crippen MR) is 105 cm³/mol. The van der Waals surface area contributed by atoms with E-state index in [4.69, 9.17) is 11.6 Å². The number of hydrogen-bond acceptors (Lipinski definition) is 6. The molecule has 0 aliphatic carbocycles. The Morgan fingerprint density at radius 1 is 1.00 bits per heavy atom. The van der Waals surface area contributed by atoms with E-state index in [0.717, 1.165) is 23.0 Å². The van der Waals surface area contributed by atoms with Crippen LogP contribution in [0.2, 0.25) is 5.02 Å². The number of imide groups is 1. The highest BCUT2D eigenvalue weighted by atomic mass is 35.5. The fourth-order valence-electron chi connectivity index (χ4n) is 4.81. The van der Waals surface area contributed by atoms with Crippen molar-refractivity contribution in [2.75, 3.05) is 18.0 Å². The highest BCUT2D eigenvalue weighted by Crippen LogP contribution is 2.49. The molecule has 2 aromatic carbocycles. The number of hydrogen-bond donors (Lipinski definition) is 0. The summed E-state index contributed by atoms with van der Waals surface area (Å²) < 4.78 is 13.4. The van der Waals surface area contributed by atoms with Crippen LogP contribution in [0.3, 0.4) is 0 Å². The van der Waals surface area contributed by atoms with Gasteiger partial charge >= 0.3 is 0 Å². The molecule has 2 amide bonds. The molecule has 10 heteroatoms. The van der Waals surface area contributed by atoms with Crippen LogP contribution in [0.15, 0.2) is 42.5 Å². The third kappa shape index (κ3) is 2.66. The number of fused-ring (bicyclic) bond motifs is 3. The molecular formula is C20H16ClFN4O4. The molecule has 0 saturated carbocycles. The van der Waals surface area contributed by atoms with Gasteiger partial charge < -0.3 is 0 Å². The predicted octanol–water partition coefficient (Wildman–Crippen LogP) is 2.92. The first-order valence-electron chi connectivity index (χ1n) is 9.49. The normalized spacial score (nSPS) is 26.3. The molecule has 0 bridgehead atoms. The summed E-state index contributed by atoms with van der Waals surface area (Å²) in [5.74, 6) is -1.91. The van der Waals surface area contributed by atoms with Crippen LogP contribution >= 0.6 is 11.6 Å². The molecule has 0 unspecified atom stereocenters. The van der Waals surface area contributed by atoms with Crippen molar-refractivity contribution in [3.8, 4) is 0 Å². The van der Waals surface area contributed by atoms with Gasteiger partial charge in [0.25, 0.3) is 11.6 Å². The van der Waals surface area contributed by atoms with E-state index in [-0.39, 0.29) is 22.2 Å². The number of nitro groups is 1. The third-order valence-electron chi connectivity index (χ3n) is 6.00. The van der Waals surface area contributed by atoms with Gasteiger partial charge in [-0.2, -0.15) is 0 Å². The Kier molecular flexibility index (Phi) is 4.35. The zero-order valence-corrected chi connectivity index (χ0v) is 16.3. The van der Waals surface area contributed by atoms with E-state index in [1.165, 1.54) is 24.3 Å². The fourth-order valence-corrected chi connectivity index (χ4v) is 4.99. The Morgan fingerprint density at radius 3 is 2.33 bits per heavy atom. The minimum atomic E-state index is -0.690. The number of nitrogens with zero attached hydrogens (tertiary/aromatic N) is 4. The number of benzene rings is 2. The Hall–Kier alpha value is -2.88. The SMILES string of the molecule is O=C1[C@@H]2[C@@H](C(=O)N1c1ccc(Cl)c([N+](=O)[O-])c1)N1CCCN1[C@@H]2c1ccc(F)cc1. The van der Waals surface area contributed by atoms with Crippen LogP contribution < -0.4 is 4.90 Å². The van der Waals surface area contributed by atoms with Crippen molar-refractivity contribution in [3.05, 3.63) is 69.0 Å². The van der Waals surface area contributed by atoms with E-state index in [0.29, 0.717) is 13.1 Å². The number of nitro benzene ring substituents is 1. The molecule has 0 radical (unpaired) electrons. The van der Waals surface area contributed by atoms with Crippen molar-refractivity contribution in [2.24, 2.45) is 5.92 Å². The van der Waals surface area contributed by atoms with Gasteiger partial charge in [0.1, 0.15) is 16.9 Å². The van der Waals surface area contributed by atoms with Gasteiger partial charge in [-0.05, 0) is 36.2 Å². The monoisotopic (exact) mass is 430 g/mol. The second kappa shape index (κ2) is 6.83. The highest BCUT2D eigenvalue weighted by Gasteiger charge is 2.62. The number of halogens is 2. The van der Waals surface area contributed by atoms with Gasteiger partial charge in [-0.1, -0.05) is 23.7 Å². The van der Waals surface area contributed by atoms with Gasteiger partial charge in [-0.3, -0.25) is 19.7 Å². The summed E-state index contributed by atoms with van der Waals surface area (Å²) >= 11 is 5.88. The first kappa shape index (κ1) is 19.1. The average Bonchev–Trinajstić information content (AvgIpc) is 3.36. The summed E-state index contributed by atoms with van der Waals surface area (Å²) in [5, 5.41) is 15.1. The van der Waals surface area contributed by atoms with Crippen LogP contribution in [-0.4, -0.2) is 45.9 Å². The number of carbonyl (C=O) groups is 2. The molecule has 0 N–H and O–H groups in total. The highest BCUT2D eigenvalue weighted by molar-refractivity contribution is 6.33. The molecule has 8 nitrogen and oxygen atoms in total. The molecule has 3 aliphatic heterocycles. The maximum absolute atomic E-state index is 13.4. The van der Waals surface area contributed by atoms with Crippen molar-refractivity contribution < 1.29 is 18.9 Å². The number of amides is 2. The van der Waals surface area contributed by atoms with E-state index < -0.39 is 34.7 Å². The van der Waals surface area contributed by atoms with Gasteiger partial charge in [0.15, 0.2) is 0 Å². The lowest BCUT2D eigenvalue weighted by Crippen LogP contribution is -2.44. The lowest BCUT2D eigenvalue weighted by Gasteiger charge is -2.29. The van der Waals surface area contributed by atoms with E-state index >= 15 is 0 Å². The third-order valence-corrected chi connectivity index (χ3v) is 6.32. The van der Waals surface area contributed by atoms with E-state index in [1.807, 2.05) is 10.0 Å². The van der Waals surface area contributed by atoms with Gasteiger partial charge in [0.2, 0.25) is 5.91 Å². The second-order valence-electron chi connectivity index (χ2n) is 7.55. The molecule has 0 spiro atoms. The second-order valence-corrected chi connectivity index (χ2v) is 7.96. The molecule has 30 heavy (non-hydrogen) atoms. The zero-order valence-electron chi connectivity index (χ0n) is 15.6. The summed E-state index contributed by atoms with van der Waals surface area (Å²) in [6.07, 6.45) is 0.842. The fraction of sp³-hybridized carbons (Fsp3) is 0.300. The van der Waals surface area contributed by atoms with Crippen LogP contribution in [-0.2, 0) is 9.59 Å². The van der Waals surface area contributed by atoms with Crippen molar-refractivity contribution in [2.45, 2.75) is 18.5 Å². The summed E-state index contributed by atoms with van der Waals surface area (Å²) in [7, 11) is 0. The van der Waals surface area contributed by atoms with Gasteiger partial charge in [-0.25, -0.2) is 19.3 Å². The van der Waals surface area contributed by atoms with E-state index in [2.05, 4.69) is 0 Å². The van der Waals surface area contributed by atoms with Crippen molar-refractivity contribution in [1.29, 1.82) is 0 Å². The average molecular weight is 431 g/mol. The summed E-state index contributed by atoms with van der Waals surface area (Å²) in [6, 6.07) is 8.73. The first-order valence-corrected chi connectivity index (χ1v) is 9.86. The maximum atomic E-state index is 13.4. The molecule has 3 aliphatic rings. The Bertz CT molecular complexity index is 1080. The molecular weight excluding hydrogens is 415 g/mol. The quantitative estimate of drug-likeness (QED) is 0.423. The molecule has 3 heterocycles. The number of hydrazine groups is 1. The van der Waals surface area contributed by atoms with Gasteiger partial charge in [-0.15, -0.1) is 0 Å². The standard InChI is InChI=1S/C20H16ClFN4O4/c21-14-7-6-13(10-15(14)26(29)30)25-19(27)16-17(11-2-4-12(22)5-3-11)23-8-1-9-24(23)18(16)20(25)28/h2-7,10,16-18H,1,8-9H2/t16-,17+,18-/m0/s1. The Labute approximate surface area is 175 Å². The summed E-state index contributed by atoms with van der Waals surface area (Å²) in [4.78, 5) is 38.3. The topological polar surface area (TPSA) is 87.0 Å². The van der Waals surface area contributed by atoms with Crippen LogP contribution in [0, 0.1) is 21.8 Å². The molecule has 0 aromatic heterocycles. The first-order chi connectivity index (χ1) is 14.4. The lowest BCUT2D eigenvalue weighted by molar-refractivity contribution is -0.384. The van der Waals surface area contributed by atoms with Crippen molar-refractivity contribution in [3.63, 3.8) is 0 Å². The van der Waals surface area contributed by atoms with E-state index in [1.54, 1.807) is 12.1 Å². The molecule has 154 valence electrons. The van der Waals surface area contributed by atoms with Crippen LogP contribution in [0.25, 0.3) is 0 Å². The zero-order chi connectivity index (χ0) is 21.2. The van der Waals surface area contributed by atoms with Crippen LogP contribution in [0.5, 0.6) is 0 Å². The van der Waals surface area contributed by atoms with Crippen molar-refractivity contribution >= 4 is 34.8 Å². The molecule has 3 atom stereocenters. The van der Waals surface area contributed by atoms with E-state index in [9.17, 15) is 24.1 Å². The Balaban J connectivity index is 1.58. The molecule has 3 saturated heterocycles. The number of carbonyl (C=O) groups excluding carboxylic acids is 2. The largest absolute Gasteiger partial charge is 0.289 e. The van der Waals surface area contributed by atoms with Gasteiger partial charge in [0.05, 0.1) is 22.6 Å². The smallest absolute Gasteiger partial charge is 0.274 e. The molecule has 3 fully saturated rings. The molecule has 2 aromatic rings. The van der Waals surface area contributed by atoms with Gasteiger partial charge in [0, 0.05) is 19.2 Å². The molecule has 5 rings (SSSR count). The van der Waals surface area contributed by atoms with Crippen LogP contribution in [0.1, 0.15) is 18.0 Å². The number of anilines is 1. The summed E-state index contributed by atoms with van der Waals surface area (Å²) in [5.41, 5.74) is 0.504. The minimum Gasteiger partial charge on any atom is -0.274 e. The lowest BCUT2D eigenvalue weighted by atomic mass is 9.90. The van der Waals surface area contributed by atoms with Crippen LogP contribution in [0.4, 0.5) is 15.8 Å². The summed E-state index contributed by atoms with van der Waals surface area (Å²) in [6.45, 7) is 1.33. The Morgan fingerprint density at radius 2 is 1.67 bits per heavy atom.